The largest absolute Gasteiger partial charge is 0.503 e. The Balaban J connectivity index is 1.84. The van der Waals surface area contributed by atoms with Crippen LogP contribution in [0.1, 0.15) is 37.5 Å². The predicted molar refractivity (Wildman–Crippen MR) is 110 cm³/mol. The topological polar surface area (TPSA) is 83.4 Å². The van der Waals surface area contributed by atoms with Crippen molar-refractivity contribution < 1.29 is 19.1 Å². The van der Waals surface area contributed by atoms with E-state index in [1.54, 1.807) is 44.4 Å². The van der Waals surface area contributed by atoms with Crippen molar-refractivity contribution in [1.29, 1.82) is 0 Å². The SMILES string of the molecule is Cc1nc(C)c(C(=O)C2=C(O)C(=O)N(Cc3ccncc3)C2c2ccccc2F)s1. The van der Waals surface area contributed by atoms with E-state index in [1.165, 1.54) is 34.4 Å². The number of amides is 1. The Morgan fingerprint density at radius 1 is 1.20 bits per heavy atom. The van der Waals surface area contributed by atoms with Crippen molar-refractivity contribution in [2.45, 2.75) is 26.4 Å². The number of hydrogen-bond acceptors (Lipinski definition) is 6. The summed E-state index contributed by atoms with van der Waals surface area (Å²) in [6.07, 6.45) is 3.16. The molecule has 30 heavy (non-hydrogen) atoms. The normalized spacial score (nSPS) is 16.4. The van der Waals surface area contributed by atoms with Gasteiger partial charge < -0.3 is 10.0 Å². The maximum atomic E-state index is 14.8. The fraction of sp³-hybridized carbons (Fsp3) is 0.182. The summed E-state index contributed by atoms with van der Waals surface area (Å²) >= 11 is 1.18. The summed E-state index contributed by atoms with van der Waals surface area (Å²) in [7, 11) is 0. The summed E-state index contributed by atoms with van der Waals surface area (Å²) in [5, 5.41) is 11.4. The predicted octanol–water partition coefficient (Wildman–Crippen LogP) is 4.07. The van der Waals surface area contributed by atoms with Gasteiger partial charge in [0.1, 0.15) is 5.82 Å². The van der Waals surface area contributed by atoms with Crippen LogP contribution in [0.25, 0.3) is 0 Å². The molecule has 0 fully saturated rings. The third-order valence-corrected chi connectivity index (χ3v) is 6.03. The van der Waals surface area contributed by atoms with Gasteiger partial charge in [0.05, 0.1) is 27.2 Å². The minimum absolute atomic E-state index is 0.0852. The number of benzene rings is 1. The quantitative estimate of drug-likeness (QED) is 0.626. The first kappa shape index (κ1) is 19.9. The molecule has 0 bridgehead atoms. The molecule has 1 aliphatic rings. The molecule has 1 atom stereocenters. The number of ketones is 1. The Morgan fingerprint density at radius 3 is 2.53 bits per heavy atom. The van der Waals surface area contributed by atoms with E-state index < -0.39 is 29.3 Å². The third-order valence-electron chi connectivity index (χ3n) is 4.96. The molecule has 1 amide bonds. The molecule has 1 aliphatic heterocycles. The highest BCUT2D eigenvalue weighted by molar-refractivity contribution is 7.14. The maximum Gasteiger partial charge on any atom is 0.290 e. The van der Waals surface area contributed by atoms with E-state index in [1.807, 2.05) is 0 Å². The van der Waals surface area contributed by atoms with Crippen LogP contribution >= 0.6 is 11.3 Å². The number of pyridine rings is 1. The number of aliphatic hydroxyl groups excluding tert-OH is 1. The van der Waals surface area contributed by atoms with E-state index in [2.05, 4.69) is 9.97 Å². The molecular formula is C22H18FN3O3S. The zero-order chi connectivity index (χ0) is 21.4. The number of aliphatic hydroxyl groups is 1. The smallest absolute Gasteiger partial charge is 0.290 e. The van der Waals surface area contributed by atoms with Gasteiger partial charge in [-0.1, -0.05) is 18.2 Å². The molecule has 6 nitrogen and oxygen atoms in total. The third kappa shape index (κ3) is 3.39. The molecule has 0 saturated heterocycles. The van der Waals surface area contributed by atoms with Gasteiger partial charge in [0.15, 0.2) is 5.76 Å². The molecule has 0 saturated carbocycles. The Hall–Kier alpha value is -3.39. The lowest BCUT2D eigenvalue weighted by molar-refractivity contribution is -0.130. The van der Waals surface area contributed by atoms with Crippen molar-refractivity contribution in [3.8, 4) is 0 Å². The first-order valence-electron chi connectivity index (χ1n) is 9.24. The second-order valence-corrected chi connectivity index (χ2v) is 8.15. The number of halogens is 1. The van der Waals surface area contributed by atoms with Crippen LogP contribution in [0.3, 0.4) is 0 Å². The van der Waals surface area contributed by atoms with E-state index in [4.69, 9.17) is 0 Å². The van der Waals surface area contributed by atoms with Gasteiger partial charge >= 0.3 is 0 Å². The van der Waals surface area contributed by atoms with Crippen LogP contribution in [0.5, 0.6) is 0 Å². The lowest BCUT2D eigenvalue weighted by atomic mass is 9.94. The second kappa shape index (κ2) is 7.79. The summed E-state index contributed by atoms with van der Waals surface area (Å²) in [4.78, 5) is 36.2. The summed E-state index contributed by atoms with van der Waals surface area (Å²) < 4.78 is 14.8. The molecule has 1 N–H and O–H groups in total. The molecule has 1 unspecified atom stereocenters. The average Bonchev–Trinajstić information content (AvgIpc) is 3.19. The molecule has 3 heterocycles. The van der Waals surface area contributed by atoms with Gasteiger partial charge in [-0.2, -0.15) is 0 Å². The van der Waals surface area contributed by atoms with Crippen LogP contribution in [-0.4, -0.2) is 31.7 Å². The Labute approximate surface area is 176 Å². The van der Waals surface area contributed by atoms with E-state index in [0.29, 0.717) is 15.6 Å². The number of hydrogen-bond donors (Lipinski definition) is 1. The van der Waals surface area contributed by atoms with Gasteiger partial charge in [0.25, 0.3) is 5.91 Å². The first-order valence-corrected chi connectivity index (χ1v) is 10.1. The standard InChI is InChI=1S/C22H18FN3O3S/c1-12-21(30-13(2)25-12)19(27)17-18(15-5-3-4-6-16(15)23)26(22(29)20(17)28)11-14-7-9-24-10-8-14/h3-10,18,28H,11H2,1-2H3. The molecule has 4 rings (SSSR count). The van der Waals surface area contributed by atoms with Crippen LogP contribution in [0.4, 0.5) is 4.39 Å². The van der Waals surface area contributed by atoms with Gasteiger partial charge in [-0.25, -0.2) is 9.37 Å². The number of thiazole rings is 1. The van der Waals surface area contributed by atoms with Crippen LogP contribution in [0.15, 0.2) is 60.1 Å². The van der Waals surface area contributed by atoms with Crippen LogP contribution in [0.2, 0.25) is 0 Å². The van der Waals surface area contributed by atoms with Crippen molar-refractivity contribution >= 4 is 23.0 Å². The maximum absolute atomic E-state index is 14.8. The van der Waals surface area contributed by atoms with E-state index >= 15 is 0 Å². The Bertz CT molecular complexity index is 1170. The minimum Gasteiger partial charge on any atom is -0.503 e. The van der Waals surface area contributed by atoms with Gasteiger partial charge in [0.2, 0.25) is 5.78 Å². The van der Waals surface area contributed by atoms with Crippen LogP contribution < -0.4 is 0 Å². The molecule has 8 heteroatoms. The van der Waals surface area contributed by atoms with Crippen molar-refractivity contribution in [1.82, 2.24) is 14.9 Å². The van der Waals surface area contributed by atoms with Gasteiger partial charge in [-0.15, -0.1) is 11.3 Å². The number of nitrogens with zero attached hydrogens (tertiary/aromatic N) is 3. The zero-order valence-electron chi connectivity index (χ0n) is 16.3. The summed E-state index contributed by atoms with van der Waals surface area (Å²) in [5.74, 6) is -2.46. The fourth-order valence-electron chi connectivity index (χ4n) is 3.62. The van der Waals surface area contributed by atoms with E-state index in [-0.39, 0.29) is 17.7 Å². The molecule has 152 valence electrons. The zero-order valence-corrected chi connectivity index (χ0v) is 17.1. The van der Waals surface area contributed by atoms with E-state index in [9.17, 15) is 19.1 Å². The minimum atomic E-state index is -1.05. The van der Waals surface area contributed by atoms with Crippen molar-refractivity contribution in [2.24, 2.45) is 0 Å². The number of aryl methyl sites for hydroxylation is 2. The Kier molecular flexibility index (Phi) is 5.17. The second-order valence-electron chi connectivity index (χ2n) is 6.95. The van der Waals surface area contributed by atoms with Crippen molar-refractivity contribution in [2.75, 3.05) is 0 Å². The molecule has 3 aromatic rings. The molecule has 0 radical (unpaired) electrons. The monoisotopic (exact) mass is 423 g/mol. The summed E-state index contributed by atoms with van der Waals surface area (Å²) in [6, 6.07) is 8.34. The van der Waals surface area contributed by atoms with Crippen LogP contribution in [0, 0.1) is 19.7 Å². The lowest BCUT2D eigenvalue weighted by Gasteiger charge is -2.27. The lowest BCUT2D eigenvalue weighted by Crippen LogP contribution is -2.31. The van der Waals surface area contributed by atoms with Crippen LogP contribution in [-0.2, 0) is 11.3 Å². The van der Waals surface area contributed by atoms with E-state index in [0.717, 1.165) is 5.56 Å². The van der Waals surface area contributed by atoms with Gasteiger partial charge in [-0.3, -0.25) is 14.6 Å². The van der Waals surface area contributed by atoms with Crippen molar-refractivity contribution in [3.63, 3.8) is 0 Å². The highest BCUT2D eigenvalue weighted by Gasteiger charge is 2.45. The highest BCUT2D eigenvalue weighted by Crippen LogP contribution is 2.41. The summed E-state index contributed by atoms with van der Waals surface area (Å²) in [6.45, 7) is 3.55. The molecule has 1 aromatic carbocycles. The molecular weight excluding hydrogens is 405 g/mol. The number of Topliss-reactive ketones (excluding diaryl/α,β-unsaturated/α-hetero) is 1. The fourth-order valence-corrected chi connectivity index (χ4v) is 4.49. The first-order chi connectivity index (χ1) is 14.4. The molecule has 0 spiro atoms. The number of aromatic nitrogens is 2. The highest BCUT2D eigenvalue weighted by atomic mass is 32.1. The molecule has 2 aromatic heterocycles. The van der Waals surface area contributed by atoms with Crippen molar-refractivity contribution in [3.05, 3.63) is 92.6 Å². The number of carbonyl (C=O) groups is 2. The van der Waals surface area contributed by atoms with Gasteiger partial charge in [0, 0.05) is 24.5 Å². The van der Waals surface area contributed by atoms with Gasteiger partial charge in [-0.05, 0) is 37.6 Å². The average molecular weight is 423 g/mol. The number of rotatable bonds is 5. The molecule has 0 aliphatic carbocycles. The summed E-state index contributed by atoms with van der Waals surface area (Å²) in [5.41, 5.74) is 1.26. The Morgan fingerprint density at radius 2 is 1.90 bits per heavy atom. The number of carbonyl (C=O) groups excluding carboxylic acids is 2.